The van der Waals surface area contributed by atoms with Crippen molar-refractivity contribution in [2.45, 2.75) is 19.5 Å². The molecule has 2 aromatic carbocycles. The number of nitrogens with one attached hydrogen (secondary N) is 5. The molecule has 0 atom stereocenters. The topological polar surface area (TPSA) is 255 Å². The second kappa shape index (κ2) is 25.2. The molecule has 77 heavy (non-hydrogen) atoms. The molecule has 0 fully saturated rings. The predicted octanol–water partition coefficient (Wildman–Crippen LogP) is 5.40. The van der Waals surface area contributed by atoms with Crippen LogP contribution in [0.3, 0.4) is 0 Å². The Kier molecular flexibility index (Phi) is 17.7. The highest BCUT2D eigenvalue weighted by Crippen LogP contribution is 2.42. The number of carbonyl (C=O) groups excluding carboxylic acids is 2. The first-order valence-corrected chi connectivity index (χ1v) is 24.4. The Morgan fingerprint density at radius 3 is 1.84 bits per heavy atom. The number of guanidine groups is 1. The summed E-state index contributed by atoms with van der Waals surface area (Å²) in [6, 6.07) is 31.9. The lowest BCUT2D eigenvalue weighted by Gasteiger charge is -2.11. The number of hydrogen-bond acceptors (Lipinski definition) is 15. The SMILES string of the molecule is CN(C)/C=C1/C(=O)c2cccnc2Nc2cnccc21.Clc1cccc(CNc2ncc3c(n2)-c2cccnc2Nc2cnccc2-3)c1.NC(N)=[NH+]Cc1cccc(Cl)c1.O=C1Cc2ccncc2Nc2ncccc21.[Cl-]. The van der Waals surface area contributed by atoms with Crippen LogP contribution < -0.4 is 50.1 Å². The summed E-state index contributed by atoms with van der Waals surface area (Å²) in [4.78, 5) is 63.9. The van der Waals surface area contributed by atoms with Crippen LogP contribution >= 0.6 is 23.2 Å². The maximum absolute atomic E-state index is 12.7. The minimum atomic E-state index is -0.0424. The van der Waals surface area contributed by atoms with Crippen LogP contribution in [0.4, 0.5) is 40.5 Å². The van der Waals surface area contributed by atoms with Crippen molar-refractivity contribution in [1.82, 2.24) is 44.8 Å². The van der Waals surface area contributed by atoms with Crippen molar-refractivity contribution < 1.29 is 27.0 Å². The maximum Gasteiger partial charge on any atom is 0.339 e. The number of allylic oxidation sites excluding steroid dienone is 1. The molecular weight excluding hydrogens is 1040 g/mol. The molecule has 0 bridgehead atoms. The van der Waals surface area contributed by atoms with E-state index in [1.165, 1.54) is 0 Å². The van der Waals surface area contributed by atoms with Crippen LogP contribution in [0.25, 0.3) is 28.0 Å². The van der Waals surface area contributed by atoms with Crippen LogP contribution in [0.5, 0.6) is 0 Å². The molecule has 10 heterocycles. The van der Waals surface area contributed by atoms with E-state index in [2.05, 4.69) is 61.1 Å². The van der Waals surface area contributed by atoms with Gasteiger partial charge in [0, 0.05) is 115 Å². The van der Waals surface area contributed by atoms with E-state index in [9.17, 15) is 9.59 Å². The van der Waals surface area contributed by atoms with E-state index >= 15 is 0 Å². The number of pyridine rings is 6. The fourth-order valence-corrected chi connectivity index (χ4v) is 8.54. The number of hydrogen-bond donors (Lipinski definition) is 7. The third-order valence-electron chi connectivity index (χ3n) is 11.6. The summed E-state index contributed by atoms with van der Waals surface area (Å²) in [5, 5.41) is 14.4. The fourth-order valence-electron chi connectivity index (χ4n) is 8.12. The molecule has 9 N–H and O–H groups in total. The largest absolute Gasteiger partial charge is 1.00 e. The third-order valence-corrected chi connectivity index (χ3v) is 12.1. The summed E-state index contributed by atoms with van der Waals surface area (Å²) < 4.78 is 0. The van der Waals surface area contributed by atoms with Crippen molar-refractivity contribution in [1.29, 1.82) is 0 Å². The highest BCUT2D eigenvalue weighted by Gasteiger charge is 2.26. The molecule has 0 spiro atoms. The number of nitrogens with two attached hydrogens (primary N) is 2. The number of carbonyl (C=O) groups is 2. The van der Waals surface area contributed by atoms with Gasteiger partial charge in [0.1, 0.15) is 17.5 Å². The molecule has 0 radical (unpaired) electrons. The van der Waals surface area contributed by atoms with Crippen LogP contribution in [-0.2, 0) is 19.5 Å². The summed E-state index contributed by atoms with van der Waals surface area (Å²) in [7, 11) is 3.78. The first-order chi connectivity index (χ1) is 37.0. The molecule has 386 valence electrons. The Bertz CT molecular complexity index is 3650. The van der Waals surface area contributed by atoms with Gasteiger partial charge < -0.3 is 38.6 Å². The molecule has 0 saturated carbocycles. The monoisotopic (exact) mass is 1080 g/mol. The van der Waals surface area contributed by atoms with Gasteiger partial charge in [0.05, 0.1) is 59.0 Å². The van der Waals surface area contributed by atoms with Gasteiger partial charge in [0.15, 0.2) is 11.6 Å². The van der Waals surface area contributed by atoms with E-state index in [0.29, 0.717) is 63.8 Å². The average Bonchev–Trinajstić information content (AvgIpc) is 3.73. The lowest BCUT2D eigenvalue weighted by molar-refractivity contribution is -0.477. The van der Waals surface area contributed by atoms with E-state index in [0.717, 1.165) is 67.5 Å². The lowest BCUT2D eigenvalue weighted by Crippen LogP contribution is -3.00. The molecule has 9 aromatic rings. The first kappa shape index (κ1) is 53.9. The second-order valence-corrected chi connectivity index (χ2v) is 18.1. The predicted molar refractivity (Wildman–Crippen MR) is 298 cm³/mol. The minimum absolute atomic E-state index is 0. The van der Waals surface area contributed by atoms with E-state index in [1.807, 2.05) is 110 Å². The van der Waals surface area contributed by atoms with Crippen LogP contribution in [-0.4, -0.2) is 76.4 Å². The van der Waals surface area contributed by atoms with E-state index in [-0.39, 0.29) is 29.9 Å². The highest BCUT2D eigenvalue weighted by molar-refractivity contribution is 6.32. The molecule has 21 heteroatoms. The maximum atomic E-state index is 12.7. The van der Waals surface area contributed by atoms with Gasteiger partial charge in [-0.05, 0) is 95.6 Å². The average molecular weight is 1080 g/mol. The molecule has 12 rings (SSSR count). The number of benzene rings is 2. The molecule has 3 aliphatic rings. The third kappa shape index (κ3) is 13.5. The zero-order valence-corrected chi connectivity index (χ0v) is 43.7. The van der Waals surface area contributed by atoms with Crippen molar-refractivity contribution in [2.75, 3.05) is 35.4 Å². The van der Waals surface area contributed by atoms with E-state index < -0.39 is 0 Å². The quantitative estimate of drug-likeness (QED) is 0.0625. The standard InChI is InChI=1S/C21H15ClN6.C15H14N4O.C12H9N3O.C8H10ClN3.ClH/c22-14-4-1-3-13(9-14)10-25-21-26-11-17-15-6-8-23-12-18(15)27-20-16(19(17)28-21)5-2-7-24-20;1-19(2)9-12-10-5-7-16-8-13(10)18-15-11(14(12)20)4-3-6-17-15;16-11-6-8-3-5-13-7-10(8)15-12-9(11)2-1-4-14-12;9-7-3-1-2-6(4-7)5-12-8(10)11;/h1-9,11-12H,10H2,(H,24,27)(H,25,26,28);3-9H,1-2H3,(H,17,18);1-5,7H,6H2,(H,14,15);1-4H,5H2,(H4,10,11,12);1H/b;12-9+;;;. The minimum Gasteiger partial charge on any atom is -1.00 e. The Hall–Kier alpha value is -9.36. The molecule has 0 aliphatic carbocycles. The number of aromatic nitrogens is 8. The van der Waals surface area contributed by atoms with Gasteiger partial charge in [-0.3, -0.25) is 41.0 Å². The molecular formula is C56H49Cl3N16O2. The molecule has 7 aromatic heterocycles. The number of nitrogens with zero attached hydrogens (tertiary/aromatic N) is 9. The van der Waals surface area contributed by atoms with Crippen LogP contribution in [0.1, 0.15) is 43.0 Å². The van der Waals surface area contributed by atoms with E-state index in [1.54, 1.807) is 80.0 Å². The summed E-state index contributed by atoms with van der Waals surface area (Å²) in [5.74, 6) is 2.73. The Morgan fingerprint density at radius 2 is 1.18 bits per heavy atom. The Morgan fingerprint density at radius 1 is 0.623 bits per heavy atom. The van der Waals surface area contributed by atoms with Crippen molar-refractivity contribution in [3.05, 3.63) is 215 Å². The van der Waals surface area contributed by atoms with Gasteiger partial charge in [0.2, 0.25) is 5.95 Å². The molecule has 0 amide bonds. The summed E-state index contributed by atoms with van der Waals surface area (Å²) in [6.45, 7) is 1.18. The van der Waals surface area contributed by atoms with Gasteiger partial charge in [-0.1, -0.05) is 47.5 Å². The van der Waals surface area contributed by atoms with Crippen molar-refractivity contribution in [2.24, 2.45) is 11.5 Å². The summed E-state index contributed by atoms with van der Waals surface area (Å²) in [6.07, 6.45) is 19.5. The second-order valence-electron chi connectivity index (χ2n) is 17.3. The smallest absolute Gasteiger partial charge is 0.339 e. The van der Waals surface area contributed by atoms with Crippen LogP contribution in [0, 0.1) is 0 Å². The summed E-state index contributed by atoms with van der Waals surface area (Å²) >= 11 is 11.8. The number of anilines is 7. The van der Waals surface area contributed by atoms with Gasteiger partial charge in [-0.25, -0.2) is 24.9 Å². The summed E-state index contributed by atoms with van der Waals surface area (Å²) in [5.41, 5.74) is 22.4. The lowest BCUT2D eigenvalue weighted by atomic mass is 9.99. The van der Waals surface area contributed by atoms with Crippen molar-refractivity contribution >= 4 is 86.8 Å². The van der Waals surface area contributed by atoms with Crippen LogP contribution in [0.15, 0.2) is 171 Å². The molecule has 18 nitrogen and oxygen atoms in total. The molecule has 0 unspecified atom stereocenters. The van der Waals surface area contributed by atoms with Gasteiger partial charge in [-0.2, -0.15) is 0 Å². The van der Waals surface area contributed by atoms with Crippen molar-refractivity contribution in [3.8, 4) is 22.4 Å². The first-order valence-electron chi connectivity index (χ1n) is 23.6. The van der Waals surface area contributed by atoms with Gasteiger partial charge >= 0.3 is 5.96 Å². The van der Waals surface area contributed by atoms with E-state index in [4.69, 9.17) is 39.7 Å². The zero-order valence-electron chi connectivity index (χ0n) is 41.4. The number of halogens is 3. The number of Topliss-reactive ketones (excluding diaryl/α,β-unsaturated/α-hetero) is 2. The van der Waals surface area contributed by atoms with Gasteiger partial charge in [0.25, 0.3) is 0 Å². The van der Waals surface area contributed by atoms with Crippen LogP contribution in [0.2, 0.25) is 10.0 Å². The van der Waals surface area contributed by atoms with Crippen molar-refractivity contribution in [3.63, 3.8) is 0 Å². The molecule has 3 aliphatic heterocycles. The van der Waals surface area contributed by atoms with Gasteiger partial charge in [-0.15, -0.1) is 0 Å². The Labute approximate surface area is 459 Å². The highest BCUT2D eigenvalue weighted by atomic mass is 35.5. The number of ketones is 2. The molecule has 0 saturated heterocycles. The normalized spacial score (nSPS) is 12.3. The number of rotatable bonds is 6. The Balaban J connectivity index is 0.000000142. The zero-order chi connectivity index (χ0) is 53.0. The number of fused-ring (bicyclic) bond motifs is 9. The fraction of sp³-hybridized carbons (Fsp3) is 0.0893.